The minimum absolute atomic E-state index is 0.0572. The van der Waals surface area contributed by atoms with Crippen molar-refractivity contribution in [3.63, 3.8) is 0 Å². The number of nitrogens with one attached hydrogen (secondary N) is 2. The molecule has 1 unspecified atom stereocenters. The number of benzene rings is 3. The molecule has 37 heavy (non-hydrogen) atoms. The Morgan fingerprint density at radius 3 is 2.35 bits per heavy atom. The number of rotatable bonds is 8. The van der Waals surface area contributed by atoms with E-state index in [-0.39, 0.29) is 23.8 Å². The SMILES string of the molecule is N#Cc1cccc(-c2ccc(C3(C(CC4CC4)NC(=O)Cc4cc(F)cc(F)c4)CCNCC3)cc2)c1. The number of halogens is 2. The van der Waals surface area contributed by atoms with Crippen molar-refractivity contribution in [3.05, 3.63) is 95.1 Å². The molecular formula is C31H31F2N3O. The zero-order chi connectivity index (χ0) is 25.8. The number of hydrogen-bond acceptors (Lipinski definition) is 3. The van der Waals surface area contributed by atoms with E-state index in [9.17, 15) is 18.8 Å². The predicted molar refractivity (Wildman–Crippen MR) is 140 cm³/mol. The number of hydrogen-bond donors (Lipinski definition) is 2. The van der Waals surface area contributed by atoms with E-state index in [1.165, 1.54) is 30.5 Å². The average molecular weight is 500 g/mol. The molecule has 1 aliphatic heterocycles. The summed E-state index contributed by atoms with van der Waals surface area (Å²) in [5, 5.41) is 16.0. The lowest BCUT2D eigenvalue weighted by Gasteiger charge is -2.45. The van der Waals surface area contributed by atoms with Crippen LogP contribution < -0.4 is 10.6 Å². The van der Waals surface area contributed by atoms with E-state index in [2.05, 4.69) is 41.0 Å². The van der Waals surface area contributed by atoms with Crippen LogP contribution in [0.2, 0.25) is 0 Å². The summed E-state index contributed by atoms with van der Waals surface area (Å²) in [6.45, 7) is 1.72. The summed E-state index contributed by atoms with van der Waals surface area (Å²) in [6.07, 6.45) is 4.96. The second-order valence-electron chi connectivity index (χ2n) is 10.4. The highest BCUT2D eigenvalue weighted by molar-refractivity contribution is 5.79. The lowest BCUT2D eigenvalue weighted by molar-refractivity contribution is -0.121. The van der Waals surface area contributed by atoms with Crippen molar-refractivity contribution in [2.24, 2.45) is 5.92 Å². The lowest BCUT2D eigenvalue weighted by Crippen LogP contribution is -2.55. The van der Waals surface area contributed by atoms with Crippen LogP contribution in [0.15, 0.2) is 66.7 Å². The predicted octanol–water partition coefficient (Wildman–Crippen LogP) is 5.65. The van der Waals surface area contributed by atoms with Gasteiger partial charge < -0.3 is 10.6 Å². The molecule has 3 aromatic rings. The first-order valence-electron chi connectivity index (χ1n) is 13.0. The van der Waals surface area contributed by atoms with Gasteiger partial charge in [-0.25, -0.2) is 8.78 Å². The van der Waals surface area contributed by atoms with Crippen LogP contribution in [-0.2, 0) is 16.6 Å². The van der Waals surface area contributed by atoms with Crippen molar-refractivity contribution in [3.8, 4) is 17.2 Å². The minimum atomic E-state index is -0.674. The second-order valence-corrected chi connectivity index (χ2v) is 10.4. The summed E-state index contributed by atoms with van der Waals surface area (Å²) in [4.78, 5) is 13.2. The Labute approximate surface area is 216 Å². The molecule has 3 aromatic carbocycles. The Hall–Kier alpha value is -3.56. The third-order valence-electron chi connectivity index (χ3n) is 7.84. The number of nitriles is 1. The Morgan fingerprint density at radius 2 is 1.70 bits per heavy atom. The van der Waals surface area contributed by atoms with Gasteiger partial charge in [-0.05, 0) is 84.8 Å². The summed E-state index contributed by atoms with van der Waals surface area (Å²) in [5.41, 5.74) is 3.96. The van der Waals surface area contributed by atoms with Gasteiger partial charge in [0, 0.05) is 17.5 Å². The maximum absolute atomic E-state index is 13.7. The number of nitrogens with zero attached hydrogens (tertiary/aromatic N) is 1. The number of piperidine rings is 1. The standard InChI is InChI=1S/C31H31F2N3O/c32-27-15-23(16-28(33)19-27)18-30(37)36-29(17-21-4-5-21)31(10-12-35-13-11-31)26-8-6-24(7-9-26)25-3-1-2-22(14-25)20-34/h1-3,6-9,14-16,19,21,29,35H,4-5,10-13,17-18H2,(H,36,37). The van der Waals surface area contributed by atoms with Crippen LogP contribution in [0.4, 0.5) is 8.78 Å². The van der Waals surface area contributed by atoms with E-state index in [0.29, 0.717) is 17.0 Å². The third kappa shape index (κ3) is 5.89. The second kappa shape index (κ2) is 10.8. The van der Waals surface area contributed by atoms with Crippen LogP contribution in [0.1, 0.15) is 48.8 Å². The number of amides is 1. The van der Waals surface area contributed by atoms with E-state index in [4.69, 9.17) is 0 Å². The molecule has 2 N–H and O–H groups in total. The first-order chi connectivity index (χ1) is 17.9. The normalized spacial score (nSPS) is 17.5. The van der Waals surface area contributed by atoms with Crippen LogP contribution in [0.3, 0.4) is 0 Å². The summed E-state index contributed by atoms with van der Waals surface area (Å²) >= 11 is 0. The highest BCUT2D eigenvalue weighted by Gasteiger charge is 2.44. The molecule has 0 bridgehead atoms. The molecule has 6 heteroatoms. The van der Waals surface area contributed by atoms with E-state index < -0.39 is 11.6 Å². The molecule has 5 rings (SSSR count). The summed E-state index contributed by atoms with van der Waals surface area (Å²) in [7, 11) is 0. The van der Waals surface area contributed by atoms with Crippen molar-refractivity contribution in [1.82, 2.24) is 10.6 Å². The van der Waals surface area contributed by atoms with Gasteiger partial charge in [-0.15, -0.1) is 0 Å². The zero-order valence-corrected chi connectivity index (χ0v) is 20.8. The smallest absolute Gasteiger partial charge is 0.224 e. The van der Waals surface area contributed by atoms with Crippen LogP contribution >= 0.6 is 0 Å². The van der Waals surface area contributed by atoms with E-state index in [1.807, 2.05) is 18.2 Å². The maximum Gasteiger partial charge on any atom is 0.224 e. The topological polar surface area (TPSA) is 64.9 Å². The van der Waals surface area contributed by atoms with Crippen molar-refractivity contribution in [2.75, 3.05) is 13.1 Å². The molecule has 0 aromatic heterocycles. The monoisotopic (exact) mass is 499 g/mol. The Balaban J connectivity index is 1.42. The average Bonchev–Trinajstić information content (AvgIpc) is 3.72. The third-order valence-corrected chi connectivity index (χ3v) is 7.84. The molecule has 2 aliphatic rings. The summed E-state index contributed by atoms with van der Waals surface area (Å²) in [5.74, 6) is -0.963. The minimum Gasteiger partial charge on any atom is -0.352 e. The van der Waals surface area contributed by atoms with Crippen LogP contribution in [-0.4, -0.2) is 25.0 Å². The first-order valence-corrected chi connectivity index (χ1v) is 13.0. The fraction of sp³-hybridized carbons (Fsp3) is 0.355. The van der Waals surface area contributed by atoms with Gasteiger partial charge in [0.15, 0.2) is 0 Å². The molecule has 0 spiro atoms. The summed E-state index contributed by atoms with van der Waals surface area (Å²) in [6, 6.07) is 21.5. The fourth-order valence-electron chi connectivity index (χ4n) is 5.73. The van der Waals surface area contributed by atoms with Crippen LogP contribution in [0, 0.1) is 28.9 Å². The molecule has 1 aliphatic carbocycles. The van der Waals surface area contributed by atoms with Gasteiger partial charge in [0.2, 0.25) is 5.91 Å². The zero-order valence-electron chi connectivity index (χ0n) is 20.8. The summed E-state index contributed by atoms with van der Waals surface area (Å²) < 4.78 is 27.4. The van der Waals surface area contributed by atoms with Crippen LogP contribution in [0.5, 0.6) is 0 Å². The highest BCUT2D eigenvalue weighted by atomic mass is 19.1. The first kappa shape index (κ1) is 25.1. The van der Waals surface area contributed by atoms with Gasteiger partial charge in [0.05, 0.1) is 18.1 Å². The highest BCUT2D eigenvalue weighted by Crippen LogP contribution is 2.44. The van der Waals surface area contributed by atoms with E-state index in [1.54, 1.807) is 6.07 Å². The van der Waals surface area contributed by atoms with Crippen molar-refractivity contribution >= 4 is 5.91 Å². The van der Waals surface area contributed by atoms with E-state index >= 15 is 0 Å². The molecule has 2 fully saturated rings. The van der Waals surface area contributed by atoms with Crippen molar-refractivity contribution in [1.29, 1.82) is 5.26 Å². The van der Waals surface area contributed by atoms with Crippen molar-refractivity contribution in [2.45, 2.75) is 50.0 Å². The molecule has 4 nitrogen and oxygen atoms in total. The maximum atomic E-state index is 13.7. The van der Waals surface area contributed by atoms with Crippen molar-refractivity contribution < 1.29 is 13.6 Å². The molecule has 190 valence electrons. The van der Waals surface area contributed by atoms with Gasteiger partial charge in [0.25, 0.3) is 0 Å². The van der Waals surface area contributed by atoms with Gasteiger partial charge in [-0.2, -0.15) is 5.26 Å². The largest absolute Gasteiger partial charge is 0.352 e. The fourth-order valence-corrected chi connectivity index (χ4v) is 5.73. The van der Waals surface area contributed by atoms with Gasteiger partial charge in [0.1, 0.15) is 11.6 Å². The molecule has 1 atom stereocenters. The molecule has 1 heterocycles. The molecular weight excluding hydrogens is 468 g/mol. The Bertz CT molecular complexity index is 1280. The van der Waals surface area contributed by atoms with Crippen LogP contribution in [0.25, 0.3) is 11.1 Å². The van der Waals surface area contributed by atoms with Gasteiger partial charge >= 0.3 is 0 Å². The Kier molecular flexibility index (Phi) is 7.34. The quantitative estimate of drug-likeness (QED) is 0.421. The molecule has 0 radical (unpaired) electrons. The van der Waals surface area contributed by atoms with Gasteiger partial charge in [-0.1, -0.05) is 49.2 Å². The number of carbonyl (C=O) groups excluding carboxylic acids is 1. The van der Waals surface area contributed by atoms with Gasteiger partial charge in [-0.3, -0.25) is 4.79 Å². The lowest BCUT2D eigenvalue weighted by atomic mass is 9.66. The molecule has 1 amide bonds. The number of carbonyl (C=O) groups is 1. The van der Waals surface area contributed by atoms with E-state index in [0.717, 1.165) is 49.5 Å². The Morgan fingerprint density at radius 1 is 1.00 bits per heavy atom. The molecule has 1 saturated carbocycles. The molecule has 1 saturated heterocycles.